The maximum Gasteiger partial charge on any atom is 0.347 e. The fourth-order valence-electron chi connectivity index (χ4n) is 1.38. The van der Waals surface area contributed by atoms with Crippen LogP contribution in [0.3, 0.4) is 0 Å². The van der Waals surface area contributed by atoms with Gasteiger partial charge in [0.1, 0.15) is 4.88 Å². The molecule has 0 aliphatic heterocycles. The van der Waals surface area contributed by atoms with Crippen molar-refractivity contribution < 1.29 is 9.90 Å². The highest BCUT2D eigenvalue weighted by molar-refractivity contribution is 7.17. The van der Waals surface area contributed by atoms with Crippen LogP contribution in [-0.4, -0.2) is 22.1 Å². The van der Waals surface area contributed by atoms with E-state index < -0.39 is 5.97 Å². The van der Waals surface area contributed by atoms with E-state index in [0.29, 0.717) is 16.6 Å². The topological polar surface area (TPSA) is 62.2 Å². The second-order valence-electron chi connectivity index (χ2n) is 3.51. The molecule has 4 nitrogen and oxygen atoms in total. The van der Waals surface area contributed by atoms with Crippen molar-refractivity contribution in [2.24, 2.45) is 0 Å². The van der Waals surface area contributed by atoms with Gasteiger partial charge in [-0.15, -0.1) is 0 Å². The smallest absolute Gasteiger partial charge is 0.347 e. The van der Waals surface area contributed by atoms with Crippen LogP contribution < -0.4 is 5.32 Å². The van der Waals surface area contributed by atoms with E-state index in [4.69, 9.17) is 5.11 Å². The molecule has 2 N–H and O–H groups in total. The highest BCUT2D eigenvalue weighted by atomic mass is 32.1. The molecule has 1 aromatic heterocycles. The molecular weight excluding hydrogens is 200 g/mol. The Bertz CT molecular complexity index is 358. The molecule has 1 heterocycles. The summed E-state index contributed by atoms with van der Waals surface area (Å²) in [6, 6.07) is 0.502. The molecule has 1 aliphatic carbocycles. The molecule has 5 heteroatoms. The van der Waals surface area contributed by atoms with Crippen LogP contribution >= 0.6 is 11.3 Å². The van der Waals surface area contributed by atoms with Crippen LogP contribution in [0.1, 0.15) is 34.6 Å². The van der Waals surface area contributed by atoms with Gasteiger partial charge in [0.2, 0.25) is 0 Å². The maximum absolute atomic E-state index is 10.7. The van der Waals surface area contributed by atoms with Crippen molar-refractivity contribution in [3.05, 3.63) is 10.6 Å². The van der Waals surface area contributed by atoms with Gasteiger partial charge in [0.15, 0.2) is 5.13 Å². The Morgan fingerprint density at radius 1 is 1.64 bits per heavy atom. The summed E-state index contributed by atoms with van der Waals surface area (Å²) in [6.07, 6.45) is 3.59. The highest BCUT2D eigenvalue weighted by Crippen LogP contribution is 2.27. The molecular formula is C9H12N2O2S. The predicted molar refractivity (Wildman–Crippen MR) is 55.1 cm³/mol. The lowest BCUT2D eigenvalue weighted by atomic mass is 9.93. The molecule has 0 aromatic carbocycles. The van der Waals surface area contributed by atoms with Crippen molar-refractivity contribution in [2.75, 3.05) is 5.32 Å². The van der Waals surface area contributed by atoms with Crippen molar-refractivity contribution in [1.82, 2.24) is 4.98 Å². The number of carboxylic acids is 1. The third-order valence-corrected chi connectivity index (χ3v) is 3.50. The van der Waals surface area contributed by atoms with E-state index in [2.05, 4.69) is 10.3 Å². The van der Waals surface area contributed by atoms with Gasteiger partial charge in [-0.05, 0) is 26.2 Å². The van der Waals surface area contributed by atoms with Crippen molar-refractivity contribution in [3.8, 4) is 0 Å². The number of nitrogens with zero attached hydrogens (tertiary/aromatic N) is 1. The zero-order chi connectivity index (χ0) is 10.1. The average molecular weight is 212 g/mol. The Kier molecular flexibility index (Phi) is 2.41. The molecule has 0 atom stereocenters. The standard InChI is InChI=1S/C9H12N2O2S/c1-5-7(8(12)13)14-9(10-5)11-6-3-2-4-6/h6H,2-4H2,1H3,(H,10,11)(H,12,13). The summed E-state index contributed by atoms with van der Waals surface area (Å²) in [5.41, 5.74) is 0.601. The van der Waals surface area contributed by atoms with Crippen molar-refractivity contribution >= 4 is 22.4 Å². The van der Waals surface area contributed by atoms with Crippen LogP contribution in [0.15, 0.2) is 0 Å². The van der Waals surface area contributed by atoms with Crippen LogP contribution in [0, 0.1) is 6.92 Å². The number of hydrogen-bond acceptors (Lipinski definition) is 4. The van der Waals surface area contributed by atoms with Crippen LogP contribution in [0.25, 0.3) is 0 Å². The van der Waals surface area contributed by atoms with E-state index in [1.54, 1.807) is 6.92 Å². The number of nitrogens with one attached hydrogen (secondary N) is 1. The van der Waals surface area contributed by atoms with Gasteiger partial charge in [-0.3, -0.25) is 0 Å². The van der Waals surface area contributed by atoms with Gasteiger partial charge < -0.3 is 10.4 Å². The lowest BCUT2D eigenvalue weighted by Gasteiger charge is -2.25. The van der Waals surface area contributed by atoms with E-state index in [1.807, 2.05) is 0 Å². The largest absolute Gasteiger partial charge is 0.477 e. The van der Waals surface area contributed by atoms with Gasteiger partial charge in [0.25, 0.3) is 0 Å². The van der Waals surface area contributed by atoms with Gasteiger partial charge in [0, 0.05) is 6.04 Å². The fourth-order valence-corrected chi connectivity index (χ4v) is 2.27. The van der Waals surface area contributed by atoms with E-state index in [9.17, 15) is 4.79 Å². The first-order chi connectivity index (χ1) is 6.66. The van der Waals surface area contributed by atoms with E-state index in [-0.39, 0.29) is 0 Å². The lowest BCUT2D eigenvalue weighted by molar-refractivity contribution is 0.0701. The number of rotatable bonds is 3. The van der Waals surface area contributed by atoms with Gasteiger partial charge in [0.05, 0.1) is 5.69 Å². The number of carbonyl (C=O) groups is 1. The summed E-state index contributed by atoms with van der Waals surface area (Å²) < 4.78 is 0. The summed E-state index contributed by atoms with van der Waals surface area (Å²) >= 11 is 1.22. The summed E-state index contributed by atoms with van der Waals surface area (Å²) in [7, 11) is 0. The molecule has 76 valence electrons. The minimum atomic E-state index is -0.887. The minimum Gasteiger partial charge on any atom is -0.477 e. The second kappa shape index (κ2) is 3.57. The molecule has 1 saturated carbocycles. The zero-order valence-electron chi connectivity index (χ0n) is 7.91. The first-order valence-corrected chi connectivity index (χ1v) is 5.45. The maximum atomic E-state index is 10.7. The third kappa shape index (κ3) is 1.72. The summed E-state index contributed by atoms with van der Waals surface area (Å²) in [4.78, 5) is 15.3. The van der Waals surface area contributed by atoms with Gasteiger partial charge in [-0.25, -0.2) is 9.78 Å². The van der Waals surface area contributed by atoms with E-state index in [1.165, 1.54) is 30.6 Å². The molecule has 2 rings (SSSR count). The first-order valence-electron chi connectivity index (χ1n) is 4.64. The summed E-state index contributed by atoms with van der Waals surface area (Å²) in [5.74, 6) is -0.887. The van der Waals surface area contributed by atoms with Crippen LogP contribution in [0.5, 0.6) is 0 Å². The summed E-state index contributed by atoms with van der Waals surface area (Å²) in [6.45, 7) is 1.73. The molecule has 0 spiro atoms. The molecule has 14 heavy (non-hydrogen) atoms. The molecule has 0 bridgehead atoms. The Balaban J connectivity index is 2.10. The number of hydrogen-bond donors (Lipinski definition) is 2. The number of aromatic carboxylic acids is 1. The zero-order valence-corrected chi connectivity index (χ0v) is 8.73. The van der Waals surface area contributed by atoms with Crippen molar-refractivity contribution in [2.45, 2.75) is 32.2 Å². The quantitative estimate of drug-likeness (QED) is 0.805. The highest BCUT2D eigenvalue weighted by Gasteiger charge is 2.20. The Labute approximate surface area is 86.0 Å². The first kappa shape index (κ1) is 9.45. The number of thiazole rings is 1. The van der Waals surface area contributed by atoms with Crippen LogP contribution in [0.4, 0.5) is 5.13 Å². The van der Waals surface area contributed by atoms with Crippen molar-refractivity contribution in [3.63, 3.8) is 0 Å². The van der Waals surface area contributed by atoms with Gasteiger partial charge in [-0.2, -0.15) is 0 Å². The van der Waals surface area contributed by atoms with Gasteiger partial charge >= 0.3 is 5.97 Å². The Morgan fingerprint density at radius 3 is 2.79 bits per heavy atom. The number of carboxylic acid groups (broad SMARTS) is 1. The van der Waals surface area contributed by atoms with E-state index >= 15 is 0 Å². The second-order valence-corrected chi connectivity index (χ2v) is 4.51. The molecule has 0 saturated heterocycles. The van der Waals surface area contributed by atoms with Crippen molar-refractivity contribution in [1.29, 1.82) is 0 Å². The SMILES string of the molecule is Cc1nc(NC2CCC2)sc1C(=O)O. The molecule has 0 radical (unpaired) electrons. The Morgan fingerprint density at radius 2 is 2.36 bits per heavy atom. The summed E-state index contributed by atoms with van der Waals surface area (Å²) in [5, 5.41) is 12.8. The number of anilines is 1. The normalized spacial score (nSPS) is 16.4. The molecule has 0 amide bonds. The number of aromatic nitrogens is 1. The lowest BCUT2D eigenvalue weighted by Crippen LogP contribution is -2.26. The van der Waals surface area contributed by atoms with Crippen LogP contribution in [0.2, 0.25) is 0 Å². The molecule has 1 fully saturated rings. The molecule has 1 aliphatic rings. The average Bonchev–Trinajstić information content (AvgIpc) is 2.39. The monoisotopic (exact) mass is 212 g/mol. The predicted octanol–water partition coefficient (Wildman–Crippen LogP) is 2.11. The third-order valence-electron chi connectivity index (χ3n) is 2.42. The molecule has 1 aromatic rings. The number of aryl methyl sites for hydroxylation is 1. The fraction of sp³-hybridized carbons (Fsp3) is 0.556. The van der Waals surface area contributed by atoms with E-state index in [0.717, 1.165) is 5.13 Å². The van der Waals surface area contributed by atoms with Gasteiger partial charge in [-0.1, -0.05) is 11.3 Å². The minimum absolute atomic E-state index is 0.340. The van der Waals surface area contributed by atoms with Crippen LogP contribution in [-0.2, 0) is 0 Å². The Hall–Kier alpha value is -1.10. The molecule has 0 unspecified atom stereocenters.